The fourth-order valence-electron chi connectivity index (χ4n) is 2.02. The van der Waals surface area contributed by atoms with Crippen LogP contribution >= 0.6 is 0 Å². The number of aliphatic carboxylic acids is 1. The second-order valence-corrected chi connectivity index (χ2v) is 4.70. The van der Waals surface area contributed by atoms with Crippen LogP contribution in [0.15, 0.2) is 48.5 Å². The van der Waals surface area contributed by atoms with Crippen molar-refractivity contribution < 1.29 is 27.9 Å². The third-order valence-corrected chi connectivity index (χ3v) is 3.10. The van der Waals surface area contributed by atoms with Crippen molar-refractivity contribution in [2.24, 2.45) is 0 Å². The van der Waals surface area contributed by atoms with Gasteiger partial charge in [-0.05, 0) is 29.3 Å². The smallest absolute Gasteiger partial charge is 0.416 e. The van der Waals surface area contributed by atoms with Crippen molar-refractivity contribution in [1.29, 1.82) is 0 Å². The van der Waals surface area contributed by atoms with E-state index in [4.69, 9.17) is 5.11 Å². The molecule has 2 rings (SSSR count). The molecule has 2 aromatic carbocycles. The van der Waals surface area contributed by atoms with Crippen LogP contribution in [0.1, 0.15) is 15.9 Å². The molecule has 0 bridgehead atoms. The van der Waals surface area contributed by atoms with Crippen molar-refractivity contribution in [2.45, 2.75) is 6.18 Å². The zero-order valence-corrected chi connectivity index (χ0v) is 11.7. The highest BCUT2D eigenvalue weighted by molar-refractivity contribution is 6.01. The van der Waals surface area contributed by atoms with E-state index in [0.29, 0.717) is 11.1 Å². The lowest BCUT2D eigenvalue weighted by atomic mass is 9.98. The van der Waals surface area contributed by atoms with E-state index in [1.807, 2.05) is 0 Å². The van der Waals surface area contributed by atoms with Gasteiger partial charge < -0.3 is 10.4 Å². The molecule has 2 aromatic rings. The largest absolute Gasteiger partial charge is 0.480 e. The normalized spacial score (nSPS) is 11.1. The standard InChI is InChI=1S/C16H12F3NO3/c17-16(18,19)11-7-5-10(6-8-11)12-3-1-2-4-13(12)15(23)20-9-14(21)22/h1-8H,9H2,(H,20,23)(H,21,22). The molecule has 0 heterocycles. The molecule has 2 N–H and O–H groups in total. The van der Waals surface area contributed by atoms with Crippen LogP contribution in [-0.2, 0) is 11.0 Å². The molecule has 120 valence electrons. The summed E-state index contributed by atoms with van der Waals surface area (Å²) in [6, 6.07) is 10.7. The van der Waals surface area contributed by atoms with Crippen LogP contribution in [0.3, 0.4) is 0 Å². The summed E-state index contributed by atoms with van der Waals surface area (Å²) in [5.41, 5.74) is 0.255. The van der Waals surface area contributed by atoms with Gasteiger partial charge in [-0.15, -0.1) is 0 Å². The molecule has 0 radical (unpaired) electrons. The number of nitrogens with one attached hydrogen (secondary N) is 1. The number of carboxylic acid groups (broad SMARTS) is 1. The van der Waals surface area contributed by atoms with Crippen LogP contribution in [0.25, 0.3) is 11.1 Å². The Bertz CT molecular complexity index is 724. The van der Waals surface area contributed by atoms with Crippen molar-refractivity contribution in [3.05, 3.63) is 59.7 Å². The number of carbonyl (C=O) groups excluding carboxylic acids is 1. The number of halogens is 3. The molecule has 0 spiro atoms. The lowest BCUT2D eigenvalue weighted by Gasteiger charge is -2.11. The molecule has 7 heteroatoms. The van der Waals surface area contributed by atoms with Gasteiger partial charge >= 0.3 is 12.1 Å². The van der Waals surface area contributed by atoms with Gasteiger partial charge in [-0.25, -0.2) is 0 Å². The number of hydrogen-bond acceptors (Lipinski definition) is 2. The van der Waals surface area contributed by atoms with Gasteiger partial charge in [-0.2, -0.15) is 13.2 Å². The van der Waals surface area contributed by atoms with E-state index in [1.165, 1.54) is 18.2 Å². The highest BCUT2D eigenvalue weighted by Gasteiger charge is 2.30. The number of rotatable bonds is 4. The molecule has 0 atom stereocenters. The third-order valence-electron chi connectivity index (χ3n) is 3.10. The fourth-order valence-corrected chi connectivity index (χ4v) is 2.02. The summed E-state index contributed by atoms with van der Waals surface area (Å²) < 4.78 is 37.8. The molecule has 0 fully saturated rings. The lowest BCUT2D eigenvalue weighted by Crippen LogP contribution is -2.29. The maximum atomic E-state index is 12.6. The molecular weight excluding hydrogens is 311 g/mol. The van der Waals surface area contributed by atoms with Gasteiger partial charge in [0.15, 0.2) is 0 Å². The first kappa shape index (κ1) is 16.5. The first-order valence-electron chi connectivity index (χ1n) is 6.55. The number of hydrogen-bond donors (Lipinski definition) is 2. The Kier molecular flexibility index (Phi) is 4.68. The van der Waals surface area contributed by atoms with Gasteiger partial charge in [0.1, 0.15) is 6.54 Å². The highest BCUT2D eigenvalue weighted by atomic mass is 19.4. The summed E-state index contributed by atoms with van der Waals surface area (Å²) in [6.07, 6.45) is -4.43. The summed E-state index contributed by atoms with van der Waals surface area (Å²) >= 11 is 0. The van der Waals surface area contributed by atoms with Crippen LogP contribution in [0.4, 0.5) is 13.2 Å². The van der Waals surface area contributed by atoms with Gasteiger partial charge in [-0.3, -0.25) is 9.59 Å². The van der Waals surface area contributed by atoms with Crippen LogP contribution in [0, 0.1) is 0 Å². The number of amides is 1. The Labute approximate surface area is 129 Å². The molecule has 0 unspecified atom stereocenters. The second kappa shape index (κ2) is 6.51. The molecule has 0 saturated carbocycles. The minimum atomic E-state index is -4.43. The van der Waals surface area contributed by atoms with Gasteiger partial charge in [0.2, 0.25) is 0 Å². The zero-order chi connectivity index (χ0) is 17.0. The summed E-state index contributed by atoms with van der Waals surface area (Å²) in [7, 11) is 0. The maximum absolute atomic E-state index is 12.6. The van der Waals surface area contributed by atoms with Gasteiger partial charge in [0, 0.05) is 5.56 Å². The molecule has 0 aliphatic heterocycles. The van der Waals surface area contributed by atoms with E-state index in [0.717, 1.165) is 12.1 Å². The van der Waals surface area contributed by atoms with Crippen LogP contribution in [-0.4, -0.2) is 23.5 Å². The van der Waals surface area contributed by atoms with E-state index in [2.05, 4.69) is 5.32 Å². The molecule has 4 nitrogen and oxygen atoms in total. The molecular formula is C16H12F3NO3. The zero-order valence-electron chi connectivity index (χ0n) is 11.7. The van der Waals surface area contributed by atoms with Crippen LogP contribution in [0.2, 0.25) is 0 Å². The van der Waals surface area contributed by atoms with E-state index in [-0.39, 0.29) is 5.56 Å². The monoisotopic (exact) mass is 323 g/mol. The Hall–Kier alpha value is -2.83. The number of alkyl halides is 3. The molecule has 0 aliphatic rings. The van der Waals surface area contributed by atoms with E-state index < -0.39 is 30.2 Å². The molecule has 1 amide bonds. The topological polar surface area (TPSA) is 66.4 Å². The average Bonchev–Trinajstić information content (AvgIpc) is 2.52. The predicted molar refractivity (Wildman–Crippen MR) is 76.8 cm³/mol. The minimum Gasteiger partial charge on any atom is -0.480 e. The van der Waals surface area contributed by atoms with Crippen molar-refractivity contribution in [3.63, 3.8) is 0 Å². The van der Waals surface area contributed by atoms with Crippen LogP contribution < -0.4 is 5.32 Å². The Morgan fingerprint density at radius 3 is 2.17 bits per heavy atom. The Balaban J connectivity index is 2.33. The van der Waals surface area contributed by atoms with Crippen molar-refractivity contribution in [3.8, 4) is 11.1 Å². The highest BCUT2D eigenvalue weighted by Crippen LogP contribution is 2.31. The van der Waals surface area contributed by atoms with Crippen LogP contribution in [0.5, 0.6) is 0 Å². The number of carbonyl (C=O) groups is 2. The first-order valence-corrected chi connectivity index (χ1v) is 6.55. The quantitative estimate of drug-likeness (QED) is 0.908. The van der Waals surface area contributed by atoms with E-state index in [1.54, 1.807) is 18.2 Å². The van der Waals surface area contributed by atoms with Crippen molar-refractivity contribution in [2.75, 3.05) is 6.54 Å². The van der Waals surface area contributed by atoms with E-state index >= 15 is 0 Å². The van der Waals surface area contributed by atoms with Gasteiger partial charge in [-0.1, -0.05) is 30.3 Å². The van der Waals surface area contributed by atoms with Crippen molar-refractivity contribution in [1.82, 2.24) is 5.32 Å². The van der Waals surface area contributed by atoms with Crippen molar-refractivity contribution >= 4 is 11.9 Å². The predicted octanol–water partition coefficient (Wildman–Crippen LogP) is 3.19. The summed E-state index contributed by atoms with van der Waals surface area (Å²) in [4.78, 5) is 22.5. The SMILES string of the molecule is O=C(O)CNC(=O)c1ccccc1-c1ccc(C(F)(F)F)cc1. The molecule has 0 saturated heterocycles. The number of benzene rings is 2. The minimum absolute atomic E-state index is 0.188. The maximum Gasteiger partial charge on any atom is 0.416 e. The molecule has 0 aliphatic carbocycles. The average molecular weight is 323 g/mol. The first-order chi connectivity index (χ1) is 10.8. The third kappa shape index (κ3) is 4.09. The molecule has 0 aromatic heterocycles. The summed E-state index contributed by atoms with van der Waals surface area (Å²) in [6.45, 7) is -0.541. The Morgan fingerprint density at radius 1 is 1.00 bits per heavy atom. The Morgan fingerprint density at radius 2 is 1.61 bits per heavy atom. The summed E-state index contributed by atoms with van der Waals surface area (Å²) in [5, 5.41) is 10.8. The van der Waals surface area contributed by atoms with E-state index in [9.17, 15) is 22.8 Å². The molecule has 23 heavy (non-hydrogen) atoms. The van der Waals surface area contributed by atoms with Gasteiger partial charge in [0.05, 0.1) is 5.56 Å². The van der Waals surface area contributed by atoms with Gasteiger partial charge in [0.25, 0.3) is 5.91 Å². The number of carboxylic acids is 1. The summed E-state index contributed by atoms with van der Waals surface area (Å²) in [5.74, 6) is -1.80. The fraction of sp³-hybridized carbons (Fsp3) is 0.125. The second-order valence-electron chi connectivity index (χ2n) is 4.70. The lowest BCUT2D eigenvalue weighted by molar-refractivity contribution is -0.137.